The molecule has 32 heavy (non-hydrogen) atoms. The predicted octanol–water partition coefficient (Wildman–Crippen LogP) is 3.25. The van der Waals surface area contributed by atoms with Gasteiger partial charge in [-0.1, -0.05) is 26.8 Å². The maximum absolute atomic E-state index is 12.4. The van der Waals surface area contributed by atoms with E-state index in [1.165, 1.54) is 13.2 Å². The summed E-state index contributed by atoms with van der Waals surface area (Å²) in [5, 5.41) is 29.1. The zero-order chi connectivity index (χ0) is 23.9. The molecule has 0 heterocycles. The van der Waals surface area contributed by atoms with Gasteiger partial charge in [0.2, 0.25) is 0 Å². The molecule has 0 saturated heterocycles. The molecule has 0 atom stereocenters. The first kappa shape index (κ1) is 25.6. The van der Waals surface area contributed by atoms with Crippen molar-refractivity contribution in [1.29, 1.82) is 0 Å². The highest BCUT2D eigenvalue weighted by atomic mass is 16.5. The van der Waals surface area contributed by atoms with E-state index in [-0.39, 0.29) is 16.9 Å². The van der Waals surface area contributed by atoms with Gasteiger partial charge >= 0.3 is 7.12 Å². The Morgan fingerprint density at radius 2 is 1.56 bits per heavy atom. The summed E-state index contributed by atoms with van der Waals surface area (Å²) in [5.74, 6) is 1.38. The average molecular weight is 444 g/mol. The van der Waals surface area contributed by atoms with Crippen LogP contribution in [0.4, 0.5) is 0 Å². The fourth-order valence-corrected chi connectivity index (χ4v) is 3.17. The monoisotopic (exact) mass is 444 g/mol. The van der Waals surface area contributed by atoms with Crippen LogP contribution in [0.25, 0.3) is 0 Å². The van der Waals surface area contributed by atoms with Gasteiger partial charge in [0.15, 0.2) is 17.3 Å². The maximum atomic E-state index is 12.4. The second-order valence-corrected chi connectivity index (χ2v) is 8.93. The molecule has 8 heteroatoms. The predicted molar refractivity (Wildman–Crippen MR) is 124 cm³/mol. The number of phenols is 1. The van der Waals surface area contributed by atoms with E-state index in [1.807, 2.05) is 20.8 Å². The molecular weight excluding hydrogens is 411 g/mol. The Morgan fingerprint density at radius 3 is 2.12 bits per heavy atom. The van der Waals surface area contributed by atoms with Crippen LogP contribution in [0, 0.1) is 12.3 Å². The van der Waals surface area contributed by atoms with Crippen LogP contribution < -0.4 is 19.7 Å². The number of methoxy groups -OCH3 is 1. The van der Waals surface area contributed by atoms with Crippen LogP contribution in [0.5, 0.6) is 23.0 Å². The Labute approximate surface area is 190 Å². The second-order valence-electron chi connectivity index (χ2n) is 8.93. The van der Waals surface area contributed by atoms with Crippen LogP contribution in [0.3, 0.4) is 0 Å². The maximum Gasteiger partial charge on any atom is 0.488 e. The quantitative estimate of drug-likeness (QED) is 0.278. The molecule has 2 aromatic carbocycles. The normalized spacial score (nSPS) is 11.2. The average Bonchev–Trinajstić information content (AvgIpc) is 2.71. The highest BCUT2D eigenvalue weighted by Gasteiger charge is 2.21. The van der Waals surface area contributed by atoms with Crippen LogP contribution >= 0.6 is 0 Å². The molecule has 2 aromatic rings. The minimum atomic E-state index is -1.58. The molecule has 2 rings (SSSR count). The minimum absolute atomic E-state index is 0.0295. The molecule has 0 fully saturated rings. The molecule has 0 aliphatic heterocycles. The van der Waals surface area contributed by atoms with Crippen molar-refractivity contribution in [2.45, 2.75) is 47.0 Å². The number of rotatable bonds is 11. The SMILES string of the molecule is COc1ccc(B(O)O)cc1OCCCCOc1ccc(C(=O)CC(C)(C)C)c(O)c1C. The lowest BCUT2D eigenvalue weighted by Crippen LogP contribution is -2.29. The van der Waals surface area contributed by atoms with Crippen molar-refractivity contribution in [3.05, 3.63) is 41.5 Å². The van der Waals surface area contributed by atoms with Crippen LogP contribution in [0.2, 0.25) is 0 Å². The molecule has 0 aromatic heterocycles. The van der Waals surface area contributed by atoms with Gasteiger partial charge < -0.3 is 29.4 Å². The number of benzene rings is 2. The van der Waals surface area contributed by atoms with Crippen LogP contribution in [0.15, 0.2) is 30.3 Å². The van der Waals surface area contributed by atoms with E-state index < -0.39 is 7.12 Å². The standard InChI is InChI=1S/C24H33BO7/c1-16-20(11-9-18(23(16)27)19(26)15-24(2,3)4)31-12-6-7-13-32-22-14-17(25(28)29)8-10-21(22)30-5/h8-11,14,27-29H,6-7,12-13,15H2,1-5H3. The Bertz CT molecular complexity index is 919. The van der Waals surface area contributed by atoms with E-state index in [0.29, 0.717) is 66.3 Å². The summed E-state index contributed by atoms with van der Waals surface area (Å²) in [6, 6.07) is 8.05. The molecular formula is C24H33BO7. The molecule has 0 unspecified atom stereocenters. The molecule has 0 spiro atoms. The molecule has 0 radical (unpaired) electrons. The van der Waals surface area contributed by atoms with Gasteiger partial charge in [-0.05, 0) is 54.9 Å². The number of carbonyl (C=O) groups is 1. The smallest absolute Gasteiger partial charge is 0.488 e. The summed E-state index contributed by atoms with van der Waals surface area (Å²) in [6.07, 6.45) is 1.75. The third-order valence-corrected chi connectivity index (χ3v) is 4.91. The number of carbonyl (C=O) groups excluding carboxylic acids is 1. The van der Waals surface area contributed by atoms with Gasteiger partial charge in [0, 0.05) is 12.0 Å². The first-order chi connectivity index (χ1) is 15.0. The number of aromatic hydroxyl groups is 1. The fraction of sp³-hybridized carbons (Fsp3) is 0.458. The molecule has 7 nitrogen and oxygen atoms in total. The van der Waals surface area contributed by atoms with Gasteiger partial charge in [-0.2, -0.15) is 0 Å². The number of hydrogen-bond acceptors (Lipinski definition) is 7. The topological polar surface area (TPSA) is 105 Å². The molecule has 0 aliphatic rings. The third kappa shape index (κ3) is 7.17. The van der Waals surface area contributed by atoms with Crippen molar-refractivity contribution in [2.24, 2.45) is 5.41 Å². The first-order valence-corrected chi connectivity index (χ1v) is 10.7. The Balaban J connectivity index is 1.85. The third-order valence-electron chi connectivity index (χ3n) is 4.91. The molecule has 3 N–H and O–H groups in total. The molecule has 0 bridgehead atoms. The zero-order valence-corrected chi connectivity index (χ0v) is 19.5. The second kappa shape index (κ2) is 11.2. The summed E-state index contributed by atoms with van der Waals surface area (Å²) in [5.41, 5.74) is 1.04. The van der Waals surface area contributed by atoms with Crippen molar-refractivity contribution in [2.75, 3.05) is 20.3 Å². The van der Waals surface area contributed by atoms with Crippen LogP contribution in [-0.4, -0.2) is 48.4 Å². The van der Waals surface area contributed by atoms with E-state index in [1.54, 1.807) is 31.2 Å². The number of unbranched alkanes of at least 4 members (excludes halogenated alkanes) is 1. The number of phenolic OH excluding ortho intramolecular Hbond substituents is 1. The molecule has 0 amide bonds. The van der Waals surface area contributed by atoms with Crippen molar-refractivity contribution in [3.63, 3.8) is 0 Å². The lowest BCUT2D eigenvalue weighted by molar-refractivity contribution is 0.0937. The zero-order valence-electron chi connectivity index (χ0n) is 19.5. The highest BCUT2D eigenvalue weighted by molar-refractivity contribution is 6.58. The summed E-state index contributed by atoms with van der Waals surface area (Å²) in [6.45, 7) is 8.51. The largest absolute Gasteiger partial charge is 0.507 e. The van der Waals surface area contributed by atoms with E-state index in [9.17, 15) is 19.9 Å². The Morgan fingerprint density at radius 1 is 0.969 bits per heavy atom. The summed E-state index contributed by atoms with van der Waals surface area (Å²) in [7, 11) is -0.0587. The summed E-state index contributed by atoms with van der Waals surface area (Å²) < 4.78 is 16.7. The lowest BCUT2D eigenvalue weighted by atomic mass is 9.80. The highest BCUT2D eigenvalue weighted by Crippen LogP contribution is 2.33. The number of Topliss-reactive ketones (excluding diaryl/α,β-unsaturated/α-hetero) is 1. The summed E-state index contributed by atoms with van der Waals surface area (Å²) >= 11 is 0. The van der Waals surface area contributed by atoms with Gasteiger partial charge in [-0.25, -0.2) is 0 Å². The van der Waals surface area contributed by atoms with Gasteiger partial charge in [-0.15, -0.1) is 0 Å². The number of ether oxygens (including phenoxy) is 3. The van der Waals surface area contributed by atoms with Crippen LogP contribution in [0.1, 0.15) is 56.0 Å². The van der Waals surface area contributed by atoms with E-state index in [0.717, 1.165) is 0 Å². The van der Waals surface area contributed by atoms with E-state index in [4.69, 9.17) is 14.2 Å². The lowest BCUT2D eigenvalue weighted by Gasteiger charge is -2.18. The number of ketones is 1. The van der Waals surface area contributed by atoms with Gasteiger partial charge in [0.25, 0.3) is 0 Å². The van der Waals surface area contributed by atoms with Gasteiger partial charge in [0.1, 0.15) is 11.5 Å². The Hall–Kier alpha value is -2.71. The molecule has 0 saturated carbocycles. The minimum Gasteiger partial charge on any atom is -0.507 e. The van der Waals surface area contributed by atoms with Crippen molar-refractivity contribution in [1.82, 2.24) is 0 Å². The molecule has 0 aliphatic carbocycles. The van der Waals surface area contributed by atoms with Gasteiger partial charge in [-0.3, -0.25) is 4.79 Å². The van der Waals surface area contributed by atoms with E-state index >= 15 is 0 Å². The van der Waals surface area contributed by atoms with Crippen molar-refractivity contribution >= 4 is 18.4 Å². The van der Waals surface area contributed by atoms with Crippen LogP contribution in [-0.2, 0) is 0 Å². The van der Waals surface area contributed by atoms with Crippen molar-refractivity contribution < 1.29 is 34.2 Å². The number of hydrogen-bond donors (Lipinski definition) is 3. The Kier molecular flexibility index (Phi) is 8.98. The van der Waals surface area contributed by atoms with Crippen molar-refractivity contribution in [3.8, 4) is 23.0 Å². The fourth-order valence-electron chi connectivity index (χ4n) is 3.17. The summed E-state index contributed by atoms with van der Waals surface area (Å²) in [4.78, 5) is 12.4. The first-order valence-electron chi connectivity index (χ1n) is 10.7. The van der Waals surface area contributed by atoms with Gasteiger partial charge in [0.05, 0.1) is 25.9 Å². The van der Waals surface area contributed by atoms with E-state index in [2.05, 4.69) is 0 Å². The molecule has 174 valence electrons.